The number of fused-ring (bicyclic) bond motifs is 1. The molecule has 0 spiro atoms. The lowest BCUT2D eigenvalue weighted by atomic mass is 9.95. The second kappa shape index (κ2) is 7.51. The number of hydrogen-bond donors (Lipinski definition) is 1. The van der Waals surface area contributed by atoms with Gasteiger partial charge < -0.3 is 10.2 Å². The number of benzene rings is 3. The van der Waals surface area contributed by atoms with Crippen molar-refractivity contribution in [2.75, 3.05) is 11.9 Å². The summed E-state index contributed by atoms with van der Waals surface area (Å²) in [6.07, 6.45) is 0. The molecular weight excluding hydrogens is 367 g/mol. The van der Waals surface area contributed by atoms with E-state index in [-0.39, 0.29) is 18.4 Å². The third kappa shape index (κ3) is 3.63. The zero-order valence-electron chi connectivity index (χ0n) is 16.3. The lowest BCUT2D eigenvalue weighted by molar-refractivity contribution is -0.117. The molecule has 1 aliphatic heterocycles. The van der Waals surface area contributed by atoms with Gasteiger partial charge >= 0.3 is 0 Å². The summed E-state index contributed by atoms with van der Waals surface area (Å²) in [7, 11) is 0. The average molecular weight is 388 g/mol. The van der Waals surface area contributed by atoms with Gasteiger partial charge in [-0.05, 0) is 60.9 Å². The molecule has 0 radical (unpaired) electrons. The molecule has 0 fully saturated rings. The normalized spacial score (nSPS) is 16.0. The number of hydrogen-bond acceptors (Lipinski definition) is 2. The lowest BCUT2D eigenvalue weighted by Crippen LogP contribution is -2.39. The third-order valence-corrected chi connectivity index (χ3v) is 5.34. The smallest absolute Gasteiger partial charge is 0.255 e. The third-order valence-electron chi connectivity index (χ3n) is 5.34. The van der Waals surface area contributed by atoms with Crippen molar-refractivity contribution in [2.24, 2.45) is 0 Å². The van der Waals surface area contributed by atoms with Gasteiger partial charge in [0, 0.05) is 16.8 Å². The summed E-state index contributed by atoms with van der Waals surface area (Å²) >= 11 is 0. The fourth-order valence-electron chi connectivity index (χ4n) is 3.70. The number of aryl methyl sites for hydroxylation is 2. The predicted octanol–water partition coefficient (Wildman–Crippen LogP) is 4.63. The van der Waals surface area contributed by atoms with Gasteiger partial charge in [0.1, 0.15) is 12.4 Å². The molecule has 1 unspecified atom stereocenters. The number of amides is 2. The van der Waals surface area contributed by atoms with Gasteiger partial charge in [0.15, 0.2) is 0 Å². The van der Waals surface area contributed by atoms with Crippen LogP contribution in [0.3, 0.4) is 0 Å². The van der Waals surface area contributed by atoms with Crippen molar-refractivity contribution < 1.29 is 14.0 Å². The quantitative estimate of drug-likeness (QED) is 0.696. The second-order valence-electron chi connectivity index (χ2n) is 7.33. The van der Waals surface area contributed by atoms with E-state index in [9.17, 15) is 14.0 Å². The van der Waals surface area contributed by atoms with Crippen LogP contribution < -0.4 is 5.32 Å². The Morgan fingerprint density at radius 3 is 2.48 bits per heavy atom. The summed E-state index contributed by atoms with van der Waals surface area (Å²) in [5.41, 5.74) is 4.47. The van der Waals surface area contributed by atoms with Crippen molar-refractivity contribution in [2.45, 2.75) is 19.9 Å². The summed E-state index contributed by atoms with van der Waals surface area (Å²) in [6, 6.07) is 18.5. The standard InChI is InChI=1S/C24H21FN2O2/c1-15-8-9-18(12-16(15)2)24(29)27-14-22(28)26-21-11-10-19(25)13-20(21)23(27)17-6-4-3-5-7-17/h3-13,23H,14H2,1-2H3,(H,26,28). The number of rotatable bonds is 2. The Bertz CT molecular complexity index is 1100. The molecule has 2 amide bonds. The molecular formula is C24H21FN2O2. The van der Waals surface area contributed by atoms with Crippen molar-refractivity contribution in [3.63, 3.8) is 0 Å². The van der Waals surface area contributed by atoms with Crippen LogP contribution in [0, 0.1) is 19.7 Å². The molecule has 0 aliphatic carbocycles. The van der Waals surface area contributed by atoms with Crippen LogP contribution in [-0.4, -0.2) is 23.3 Å². The molecule has 0 saturated heterocycles. The van der Waals surface area contributed by atoms with Crippen LogP contribution in [0.15, 0.2) is 66.7 Å². The summed E-state index contributed by atoms with van der Waals surface area (Å²) < 4.78 is 14.1. The highest BCUT2D eigenvalue weighted by Gasteiger charge is 2.34. The first-order valence-electron chi connectivity index (χ1n) is 9.46. The van der Waals surface area contributed by atoms with E-state index in [0.29, 0.717) is 16.8 Å². The molecule has 146 valence electrons. The van der Waals surface area contributed by atoms with Crippen LogP contribution in [0.25, 0.3) is 0 Å². The largest absolute Gasteiger partial charge is 0.324 e. The first-order chi connectivity index (χ1) is 13.9. The minimum Gasteiger partial charge on any atom is -0.324 e. The minimum absolute atomic E-state index is 0.123. The van der Waals surface area contributed by atoms with E-state index in [1.54, 1.807) is 12.1 Å². The first-order valence-corrected chi connectivity index (χ1v) is 9.46. The molecule has 0 aromatic heterocycles. The molecule has 4 nitrogen and oxygen atoms in total. The van der Waals surface area contributed by atoms with E-state index in [1.807, 2.05) is 56.3 Å². The van der Waals surface area contributed by atoms with Gasteiger partial charge in [0.2, 0.25) is 5.91 Å². The van der Waals surface area contributed by atoms with Gasteiger partial charge in [-0.2, -0.15) is 0 Å². The van der Waals surface area contributed by atoms with Gasteiger partial charge in [-0.25, -0.2) is 4.39 Å². The van der Waals surface area contributed by atoms with Gasteiger partial charge in [0.25, 0.3) is 5.91 Å². The maximum Gasteiger partial charge on any atom is 0.255 e. The average Bonchev–Trinajstić information content (AvgIpc) is 2.85. The van der Waals surface area contributed by atoms with Crippen molar-refractivity contribution in [3.05, 3.63) is 100 Å². The van der Waals surface area contributed by atoms with Crippen LogP contribution in [-0.2, 0) is 4.79 Å². The van der Waals surface area contributed by atoms with E-state index in [4.69, 9.17) is 0 Å². The SMILES string of the molecule is Cc1ccc(C(=O)N2CC(=O)Nc3ccc(F)cc3C2c2ccccc2)cc1C. The molecule has 0 saturated carbocycles. The van der Waals surface area contributed by atoms with Crippen molar-refractivity contribution in [1.29, 1.82) is 0 Å². The Labute approximate surface area is 169 Å². The zero-order chi connectivity index (χ0) is 20.5. The summed E-state index contributed by atoms with van der Waals surface area (Å²) in [6.45, 7) is 3.80. The summed E-state index contributed by atoms with van der Waals surface area (Å²) in [4.78, 5) is 27.6. The number of halogens is 1. The van der Waals surface area contributed by atoms with Crippen LogP contribution in [0.5, 0.6) is 0 Å². The van der Waals surface area contributed by atoms with E-state index >= 15 is 0 Å². The maximum atomic E-state index is 14.1. The fourth-order valence-corrected chi connectivity index (χ4v) is 3.70. The molecule has 0 bridgehead atoms. The Morgan fingerprint density at radius 2 is 1.76 bits per heavy atom. The predicted molar refractivity (Wildman–Crippen MR) is 110 cm³/mol. The number of carbonyl (C=O) groups is 2. The maximum absolute atomic E-state index is 14.1. The second-order valence-corrected chi connectivity index (χ2v) is 7.33. The Kier molecular flexibility index (Phi) is 4.89. The summed E-state index contributed by atoms with van der Waals surface area (Å²) in [5.74, 6) is -0.998. The van der Waals surface area contributed by atoms with Gasteiger partial charge in [-0.3, -0.25) is 9.59 Å². The number of carbonyl (C=O) groups excluding carboxylic acids is 2. The topological polar surface area (TPSA) is 49.4 Å². The molecule has 1 heterocycles. The van der Waals surface area contributed by atoms with E-state index in [0.717, 1.165) is 16.7 Å². The summed E-state index contributed by atoms with van der Waals surface area (Å²) in [5, 5.41) is 2.81. The number of anilines is 1. The molecule has 29 heavy (non-hydrogen) atoms. The van der Waals surface area contributed by atoms with E-state index in [2.05, 4.69) is 5.32 Å². The van der Waals surface area contributed by atoms with Crippen LogP contribution in [0.1, 0.15) is 38.7 Å². The number of nitrogens with one attached hydrogen (secondary N) is 1. The highest BCUT2D eigenvalue weighted by molar-refractivity contribution is 6.01. The van der Waals surface area contributed by atoms with Crippen molar-refractivity contribution in [3.8, 4) is 0 Å². The minimum atomic E-state index is -0.588. The molecule has 3 aromatic carbocycles. The lowest BCUT2D eigenvalue weighted by Gasteiger charge is -2.30. The van der Waals surface area contributed by atoms with E-state index < -0.39 is 11.9 Å². The molecule has 5 heteroatoms. The van der Waals surface area contributed by atoms with Gasteiger partial charge in [-0.1, -0.05) is 36.4 Å². The first kappa shape index (κ1) is 18.9. The van der Waals surface area contributed by atoms with Crippen molar-refractivity contribution in [1.82, 2.24) is 4.90 Å². The monoisotopic (exact) mass is 388 g/mol. The van der Waals surface area contributed by atoms with Gasteiger partial charge in [0.05, 0.1) is 6.04 Å². The fraction of sp³-hybridized carbons (Fsp3) is 0.167. The Balaban J connectivity index is 1.88. The van der Waals surface area contributed by atoms with Crippen LogP contribution in [0.2, 0.25) is 0 Å². The molecule has 4 rings (SSSR count). The highest BCUT2D eigenvalue weighted by atomic mass is 19.1. The van der Waals surface area contributed by atoms with Crippen LogP contribution in [0.4, 0.5) is 10.1 Å². The molecule has 3 aromatic rings. The van der Waals surface area contributed by atoms with Crippen molar-refractivity contribution >= 4 is 17.5 Å². The Hall–Kier alpha value is -3.47. The Morgan fingerprint density at radius 1 is 1.00 bits per heavy atom. The molecule has 1 aliphatic rings. The van der Waals surface area contributed by atoms with Gasteiger partial charge in [-0.15, -0.1) is 0 Å². The molecule has 1 N–H and O–H groups in total. The molecule has 1 atom stereocenters. The highest BCUT2D eigenvalue weighted by Crippen LogP contribution is 2.37. The zero-order valence-corrected chi connectivity index (χ0v) is 16.3. The van der Waals surface area contributed by atoms with E-state index in [1.165, 1.54) is 17.0 Å². The van der Waals surface area contributed by atoms with Crippen LogP contribution >= 0.6 is 0 Å². The number of nitrogens with zero attached hydrogens (tertiary/aromatic N) is 1.